The molecule has 0 radical (unpaired) electrons. The average molecular weight is 336 g/mol. The summed E-state index contributed by atoms with van der Waals surface area (Å²) >= 11 is 0. The molecule has 1 fully saturated rings. The lowest BCUT2D eigenvalue weighted by atomic mass is 9.84. The molecule has 4 rings (SSSR count). The van der Waals surface area contributed by atoms with Gasteiger partial charge in [-0.2, -0.15) is 0 Å². The molecular weight excluding hydrogens is 316 g/mol. The molecule has 6 heteroatoms. The second kappa shape index (κ2) is 5.88. The molecule has 1 amide bonds. The second-order valence-electron chi connectivity index (χ2n) is 6.66. The topological polar surface area (TPSA) is 74.3 Å². The minimum Gasteiger partial charge on any atom is -0.369 e. The van der Waals surface area contributed by atoms with E-state index in [-0.39, 0.29) is 11.7 Å². The number of nitrogens with zero attached hydrogens (tertiary/aromatic N) is 2. The number of ketones is 1. The van der Waals surface area contributed by atoms with Gasteiger partial charge in [0.15, 0.2) is 5.78 Å². The van der Waals surface area contributed by atoms with Gasteiger partial charge >= 0.3 is 0 Å². The maximum absolute atomic E-state index is 12.7. The Labute approximate surface area is 146 Å². The molecule has 2 aliphatic heterocycles. The van der Waals surface area contributed by atoms with Crippen LogP contribution in [-0.4, -0.2) is 35.3 Å². The Bertz CT molecular complexity index is 824. The molecule has 1 spiro atoms. The normalized spacial score (nSPS) is 18.3. The van der Waals surface area contributed by atoms with E-state index < -0.39 is 5.54 Å². The minimum absolute atomic E-state index is 0.0124. The highest BCUT2D eigenvalue weighted by atomic mass is 16.2. The quantitative estimate of drug-likeness (QED) is 0.825. The number of Topliss-reactive ketones (excluding diaryl/α,β-unsaturated/α-hetero) is 1. The lowest BCUT2D eigenvalue weighted by Crippen LogP contribution is -2.58. The van der Waals surface area contributed by atoms with Crippen LogP contribution in [-0.2, 0) is 4.79 Å². The number of pyridine rings is 1. The molecule has 2 aromatic rings. The van der Waals surface area contributed by atoms with Crippen molar-refractivity contribution >= 4 is 28.9 Å². The van der Waals surface area contributed by atoms with Crippen LogP contribution in [0.4, 0.5) is 17.2 Å². The van der Waals surface area contributed by atoms with Crippen LogP contribution in [0.3, 0.4) is 0 Å². The summed E-state index contributed by atoms with van der Waals surface area (Å²) < 4.78 is 0. The summed E-state index contributed by atoms with van der Waals surface area (Å²) in [5, 5.41) is 6.48. The molecule has 2 aliphatic rings. The van der Waals surface area contributed by atoms with Crippen LogP contribution in [0.1, 0.15) is 30.1 Å². The minimum atomic E-state index is -0.565. The first-order chi connectivity index (χ1) is 12.1. The van der Waals surface area contributed by atoms with Gasteiger partial charge in [-0.3, -0.25) is 9.59 Å². The zero-order valence-electron chi connectivity index (χ0n) is 14.1. The number of para-hydroxylation sites is 2. The van der Waals surface area contributed by atoms with Crippen molar-refractivity contribution in [1.82, 2.24) is 4.98 Å². The average Bonchev–Trinajstić information content (AvgIpc) is 2.63. The second-order valence-corrected chi connectivity index (χ2v) is 6.66. The number of aromatic nitrogens is 1. The van der Waals surface area contributed by atoms with Gasteiger partial charge in [-0.1, -0.05) is 12.1 Å². The zero-order valence-corrected chi connectivity index (χ0v) is 14.1. The molecule has 1 aromatic carbocycles. The zero-order chi connectivity index (χ0) is 17.4. The van der Waals surface area contributed by atoms with Crippen LogP contribution < -0.4 is 15.5 Å². The number of benzene rings is 1. The highest BCUT2D eigenvalue weighted by Gasteiger charge is 2.44. The van der Waals surface area contributed by atoms with Crippen LogP contribution in [0.2, 0.25) is 0 Å². The molecule has 128 valence electrons. The maximum atomic E-state index is 12.7. The van der Waals surface area contributed by atoms with E-state index in [9.17, 15) is 9.59 Å². The van der Waals surface area contributed by atoms with Gasteiger partial charge < -0.3 is 15.5 Å². The van der Waals surface area contributed by atoms with Crippen molar-refractivity contribution in [2.24, 2.45) is 0 Å². The molecule has 2 N–H and O–H groups in total. The van der Waals surface area contributed by atoms with E-state index in [4.69, 9.17) is 0 Å². The third-order valence-corrected chi connectivity index (χ3v) is 5.08. The fraction of sp³-hybridized carbons (Fsp3) is 0.316. The largest absolute Gasteiger partial charge is 0.369 e. The molecule has 1 saturated heterocycles. The number of hydrogen-bond acceptors (Lipinski definition) is 5. The third-order valence-electron chi connectivity index (χ3n) is 5.08. The maximum Gasteiger partial charge on any atom is 0.250 e. The van der Waals surface area contributed by atoms with E-state index in [0.717, 1.165) is 30.3 Å². The van der Waals surface area contributed by atoms with E-state index in [1.807, 2.05) is 30.3 Å². The SMILES string of the molecule is CC(=O)c1ccc(N2CCC3(CC2)Nc2ccccc2NC3=O)nc1. The Balaban J connectivity index is 1.49. The number of nitrogens with one attached hydrogen (secondary N) is 2. The molecule has 6 nitrogen and oxygen atoms in total. The predicted octanol–water partition coefficient (Wildman–Crippen LogP) is 2.69. The van der Waals surface area contributed by atoms with Gasteiger partial charge in [-0.05, 0) is 44.0 Å². The molecule has 3 heterocycles. The van der Waals surface area contributed by atoms with Crippen molar-refractivity contribution in [3.63, 3.8) is 0 Å². The lowest BCUT2D eigenvalue weighted by Gasteiger charge is -2.44. The van der Waals surface area contributed by atoms with Crippen molar-refractivity contribution in [1.29, 1.82) is 0 Å². The number of carbonyl (C=O) groups is 2. The van der Waals surface area contributed by atoms with E-state index in [1.165, 1.54) is 6.92 Å². The predicted molar refractivity (Wildman–Crippen MR) is 97.1 cm³/mol. The first kappa shape index (κ1) is 15.6. The highest BCUT2D eigenvalue weighted by molar-refractivity contribution is 6.06. The molecule has 0 aliphatic carbocycles. The standard InChI is InChI=1S/C19H20N4O2/c1-13(24)14-6-7-17(20-12-14)23-10-8-19(9-11-23)18(25)21-15-4-2-3-5-16(15)22-19/h2-7,12,22H,8-11H2,1H3,(H,21,25). The molecule has 0 atom stereocenters. The first-order valence-corrected chi connectivity index (χ1v) is 8.48. The molecule has 1 aromatic heterocycles. The van der Waals surface area contributed by atoms with Crippen molar-refractivity contribution < 1.29 is 9.59 Å². The Kier molecular flexibility index (Phi) is 3.67. The highest BCUT2D eigenvalue weighted by Crippen LogP contribution is 2.36. The van der Waals surface area contributed by atoms with Gasteiger partial charge in [-0.15, -0.1) is 0 Å². The number of carbonyl (C=O) groups excluding carboxylic acids is 2. The van der Waals surface area contributed by atoms with Crippen LogP contribution in [0, 0.1) is 0 Å². The molecule has 25 heavy (non-hydrogen) atoms. The Morgan fingerprint density at radius 2 is 1.84 bits per heavy atom. The number of anilines is 3. The Morgan fingerprint density at radius 3 is 2.48 bits per heavy atom. The van der Waals surface area contributed by atoms with Crippen LogP contribution in [0.5, 0.6) is 0 Å². The Morgan fingerprint density at radius 1 is 1.12 bits per heavy atom. The summed E-state index contributed by atoms with van der Waals surface area (Å²) in [6.45, 7) is 3.00. The van der Waals surface area contributed by atoms with E-state index >= 15 is 0 Å². The van der Waals surface area contributed by atoms with Crippen molar-refractivity contribution in [2.75, 3.05) is 28.6 Å². The smallest absolute Gasteiger partial charge is 0.250 e. The fourth-order valence-corrected chi connectivity index (χ4v) is 3.51. The van der Waals surface area contributed by atoms with Gasteiger partial charge in [0.25, 0.3) is 0 Å². The van der Waals surface area contributed by atoms with E-state index in [2.05, 4.69) is 20.5 Å². The van der Waals surface area contributed by atoms with Crippen LogP contribution >= 0.6 is 0 Å². The summed E-state index contributed by atoms with van der Waals surface area (Å²) in [4.78, 5) is 30.6. The monoisotopic (exact) mass is 336 g/mol. The van der Waals surface area contributed by atoms with Crippen molar-refractivity contribution in [2.45, 2.75) is 25.3 Å². The molecule has 0 unspecified atom stereocenters. The third kappa shape index (κ3) is 2.73. The van der Waals surface area contributed by atoms with Crippen molar-refractivity contribution in [3.05, 3.63) is 48.2 Å². The fourth-order valence-electron chi connectivity index (χ4n) is 3.51. The molecular formula is C19H20N4O2. The number of fused-ring (bicyclic) bond motifs is 1. The lowest BCUT2D eigenvalue weighted by molar-refractivity contribution is -0.121. The van der Waals surface area contributed by atoms with Gasteiger partial charge in [0.1, 0.15) is 11.4 Å². The van der Waals surface area contributed by atoms with E-state index in [1.54, 1.807) is 12.3 Å². The summed E-state index contributed by atoms with van der Waals surface area (Å²) in [5.74, 6) is 0.889. The molecule has 0 bridgehead atoms. The van der Waals surface area contributed by atoms with Gasteiger partial charge in [0.05, 0.1) is 11.4 Å². The number of amides is 1. The number of hydrogen-bond donors (Lipinski definition) is 2. The number of piperidine rings is 1. The van der Waals surface area contributed by atoms with Gasteiger partial charge in [0.2, 0.25) is 5.91 Å². The van der Waals surface area contributed by atoms with E-state index in [0.29, 0.717) is 18.4 Å². The van der Waals surface area contributed by atoms with Crippen LogP contribution in [0.15, 0.2) is 42.6 Å². The van der Waals surface area contributed by atoms with Gasteiger partial charge in [-0.25, -0.2) is 4.98 Å². The summed E-state index contributed by atoms with van der Waals surface area (Å²) in [6, 6.07) is 11.5. The summed E-state index contributed by atoms with van der Waals surface area (Å²) in [5.41, 5.74) is 1.85. The van der Waals surface area contributed by atoms with Gasteiger partial charge in [0, 0.05) is 24.8 Å². The Hall–Kier alpha value is -2.89. The summed E-state index contributed by atoms with van der Waals surface area (Å²) in [7, 11) is 0. The number of rotatable bonds is 2. The van der Waals surface area contributed by atoms with Crippen LogP contribution in [0.25, 0.3) is 0 Å². The molecule has 0 saturated carbocycles. The van der Waals surface area contributed by atoms with Crippen molar-refractivity contribution in [3.8, 4) is 0 Å². The summed E-state index contributed by atoms with van der Waals surface area (Å²) in [6.07, 6.45) is 3.01. The first-order valence-electron chi connectivity index (χ1n) is 8.48.